The second-order valence-electron chi connectivity index (χ2n) is 12.2. The highest BCUT2D eigenvalue weighted by Gasteiger charge is 2.34. The molecular formula is C36H32ClF2N7O2S. The zero-order chi connectivity index (χ0) is 34.1. The number of likely N-dealkylation sites (tertiary alicyclic amines) is 1. The van der Waals surface area contributed by atoms with Crippen molar-refractivity contribution in [3.8, 4) is 23.2 Å². The number of fused-ring (bicyclic) bond motifs is 2. The number of hydrogen-bond acceptors (Lipinski definition) is 9. The minimum absolute atomic E-state index is 0.0302. The van der Waals surface area contributed by atoms with Crippen molar-refractivity contribution in [1.82, 2.24) is 24.8 Å². The van der Waals surface area contributed by atoms with Crippen LogP contribution in [0.25, 0.3) is 38.9 Å². The van der Waals surface area contributed by atoms with Gasteiger partial charge in [0, 0.05) is 64.7 Å². The number of aromatic nitrogens is 3. The Labute approximate surface area is 291 Å². The largest absolute Gasteiger partial charge is 0.462 e. The number of ether oxygens (including phenoxy) is 1. The van der Waals surface area contributed by atoms with Crippen molar-refractivity contribution in [3.63, 3.8) is 0 Å². The normalized spacial score (nSPS) is 18.7. The van der Waals surface area contributed by atoms with E-state index in [1.165, 1.54) is 22.4 Å². The number of nitriles is 1. The first-order valence-electron chi connectivity index (χ1n) is 16.0. The first-order chi connectivity index (χ1) is 23.8. The highest BCUT2D eigenvalue weighted by atomic mass is 35.5. The molecule has 0 N–H and O–H groups in total. The molecule has 0 saturated carbocycles. The number of amides is 1. The molecule has 250 valence electrons. The zero-order valence-electron chi connectivity index (χ0n) is 26.7. The fourth-order valence-electron chi connectivity index (χ4n) is 6.73. The average molecular weight is 700 g/mol. The molecule has 7 rings (SSSR count). The van der Waals surface area contributed by atoms with Crippen LogP contribution < -0.4 is 9.64 Å². The highest BCUT2D eigenvalue weighted by Crippen LogP contribution is 2.39. The number of anilines is 1. The molecule has 2 aliphatic heterocycles. The van der Waals surface area contributed by atoms with Gasteiger partial charge in [-0.15, -0.1) is 11.3 Å². The maximum absolute atomic E-state index is 16.8. The van der Waals surface area contributed by atoms with E-state index in [1.807, 2.05) is 42.3 Å². The quantitative estimate of drug-likeness (QED) is 0.158. The second kappa shape index (κ2) is 14.0. The number of rotatable bonds is 8. The van der Waals surface area contributed by atoms with Gasteiger partial charge in [-0.05, 0) is 49.5 Å². The Balaban J connectivity index is 1.27. The maximum atomic E-state index is 16.8. The van der Waals surface area contributed by atoms with Crippen molar-refractivity contribution in [2.24, 2.45) is 0 Å². The van der Waals surface area contributed by atoms with Crippen LogP contribution >= 0.6 is 22.9 Å². The van der Waals surface area contributed by atoms with Crippen molar-refractivity contribution in [2.45, 2.75) is 31.3 Å². The number of hydrogen-bond donors (Lipinski definition) is 0. The van der Waals surface area contributed by atoms with Crippen molar-refractivity contribution >= 4 is 62.4 Å². The van der Waals surface area contributed by atoms with Gasteiger partial charge in [0.2, 0.25) is 0 Å². The number of piperazine rings is 1. The summed E-state index contributed by atoms with van der Waals surface area (Å²) in [6.45, 7) is 1.85. The van der Waals surface area contributed by atoms with Gasteiger partial charge >= 0.3 is 6.01 Å². The molecule has 1 amide bonds. The Bertz CT molecular complexity index is 2100. The van der Waals surface area contributed by atoms with E-state index in [2.05, 4.69) is 20.9 Å². The van der Waals surface area contributed by atoms with Crippen LogP contribution in [0.1, 0.15) is 24.3 Å². The zero-order valence-corrected chi connectivity index (χ0v) is 28.2. The van der Waals surface area contributed by atoms with Crippen LogP contribution in [0.3, 0.4) is 0 Å². The number of likely N-dealkylation sites (N-methyl/N-ethyl adjacent to an activating group) is 1. The standard InChI is InChI=1S/C36H32ClF2N7O2S/c1-44-15-4-7-24(44)21-48-36-42-33-27(11-10-26(32(33)39)25-8-2-5-22-6-3-9-28(37)31(22)25)34(43-36)45-16-17-46(23(20-45)12-13-40)35(47)29(38)19-30-41-14-18-49-30/h2-3,5-6,8-11,14,18-19,23-24H,4,7,12,15-17,20-21H2,1H3/b29-19-/t23-,24-/m0/s1. The Morgan fingerprint density at radius 2 is 1.96 bits per heavy atom. The summed E-state index contributed by atoms with van der Waals surface area (Å²) < 4.78 is 38.0. The molecule has 2 atom stereocenters. The molecule has 0 spiro atoms. The number of halogens is 3. The second-order valence-corrected chi connectivity index (χ2v) is 13.5. The van der Waals surface area contributed by atoms with Crippen LogP contribution in [0.5, 0.6) is 6.01 Å². The smallest absolute Gasteiger partial charge is 0.319 e. The van der Waals surface area contributed by atoms with Crippen molar-refractivity contribution in [1.29, 1.82) is 5.26 Å². The minimum Gasteiger partial charge on any atom is -0.462 e. The Kier molecular flexibility index (Phi) is 9.40. The van der Waals surface area contributed by atoms with Crippen LogP contribution in [0.2, 0.25) is 5.02 Å². The molecule has 0 unspecified atom stereocenters. The lowest BCUT2D eigenvalue weighted by atomic mass is 9.96. The first-order valence-corrected chi connectivity index (χ1v) is 17.3. The molecule has 9 nitrogen and oxygen atoms in total. The van der Waals surface area contributed by atoms with Gasteiger partial charge in [0.1, 0.15) is 22.9 Å². The first kappa shape index (κ1) is 32.8. The molecule has 49 heavy (non-hydrogen) atoms. The molecule has 2 aromatic heterocycles. The number of thiazole rings is 1. The summed E-state index contributed by atoms with van der Waals surface area (Å²) in [6.07, 6.45) is 4.63. The van der Waals surface area contributed by atoms with Crippen molar-refractivity contribution < 1.29 is 18.3 Å². The van der Waals surface area contributed by atoms with Gasteiger partial charge in [0.25, 0.3) is 5.91 Å². The number of benzene rings is 3. The van der Waals surface area contributed by atoms with E-state index in [1.54, 1.807) is 23.6 Å². The van der Waals surface area contributed by atoms with Gasteiger partial charge in [-0.1, -0.05) is 48.0 Å². The van der Waals surface area contributed by atoms with Crippen LogP contribution in [0, 0.1) is 17.1 Å². The number of carbonyl (C=O) groups is 1. The molecule has 0 bridgehead atoms. The summed E-state index contributed by atoms with van der Waals surface area (Å²) in [4.78, 5) is 32.1. The lowest BCUT2D eigenvalue weighted by molar-refractivity contribution is -0.131. The molecule has 2 saturated heterocycles. The molecule has 13 heteroatoms. The van der Waals surface area contributed by atoms with Crippen molar-refractivity contribution in [3.05, 3.63) is 81.8 Å². The highest BCUT2D eigenvalue weighted by molar-refractivity contribution is 7.10. The van der Waals surface area contributed by atoms with Gasteiger partial charge in [-0.3, -0.25) is 4.79 Å². The van der Waals surface area contributed by atoms with Gasteiger partial charge in [0.05, 0.1) is 18.5 Å². The van der Waals surface area contributed by atoms with Crippen LogP contribution in [-0.2, 0) is 4.79 Å². The molecular weight excluding hydrogens is 668 g/mol. The molecule has 2 aliphatic rings. The van der Waals surface area contributed by atoms with E-state index in [0.29, 0.717) is 39.0 Å². The topological polar surface area (TPSA) is 98.5 Å². The molecule has 4 heterocycles. The van der Waals surface area contributed by atoms with Crippen molar-refractivity contribution in [2.75, 3.05) is 44.7 Å². The van der Waals surface area contributed by atoms with Gasteiger partial charge in [0.15, 0.2) is 11.6 Å². The van der Waals surface area contributed by atoms with E-state index < -0.39 is 23.6 Å². The van der Waals surface area contributed by atoms with E-state index in [9.17, 15) is 10.1 Å². The van der Waals surface area contributed by atoms with E-state index in [-0.39, 0.29) is 43.6 Å². The van der Waals surface area contributed by atoms with Gasteiger partial charge in [-0.25, -0.2) is 13.8 Å². The third-order valence-corrected chi connectivity index (χ3v) is 10.3. The molecule has 0 radical (unpaired) electrons. The molecule has 5 aromatic rings. The predicted molar refractivity (Wildman–Crippen MR) is 188 cm³/mol. The van der Waals surface area contributed by atoms with Crippen LogP contribution in [0.4, 0.5) is 14.6 Å². The predicted octanol–water partition coefficient (Wildman–Crippen LogP) is 7.11. The third kappa shape index (κ3) is 6.54. The molecule has 0 aliphatic carbocycles. The summed E-state index contributed by atoms with van der Waals surface area (Å²) in [5, 5.41) is 14.3. The van der Waals surface area contributed by atoms with E-state index in [0.717, 1.165) is 36.2 Å². The summed E-state index contributed by atoms with van der Waals surface area (Å²) in [5.74, 6) is -1.89. The number of nitrogens with zero attached hydrogens (tertiary/aromatic N) is 7. The van der Waals surface area contributed by atoms with Gasteiger partial charge in [-0.2, -0.15) is 15.2 Å². The molecule has 2 fully saturated rings. The Morgan fingerprint density at radius 1 is 1.12 bits per heavy atom. The lowest BCUT2D eigenvalue weighted by Gasteiger charge is -2.41. The van der Waals surface area contributed by atoms with Gasteiger partial charge < -0.3 is 19.4 Å². The summed E-state index contributed by atoms with van der Waals surface area (Å²) in [6, 6.07) is 16.4. The molecule has 3 aromatic carbocycles. The summed E-state index contributed by atoms with van der Waals surface area (Å²) in [7, 11) is 2.04. The maximum Gasteiger partial charge on any atom is 0.319 e. The fraction of sp³-hybridized carbons (Fsp3) is 0.306. The van der Waals surface area contributed by atoms with E-state index >= 15 is 8.78 Å². The van der Waals surface area contributed by atoms with Crippen LogP contribution in [-0.4, -0.2) is 82.6 Å². The number of carbonyl (C=O) groups excluding carboxylic acids is 1. The fourth-order valence-corrected chi connectivity index (χ4v) is 7.57. The van der Waals surface area contributed by atoms with Crippen LogP contribution in [0.15, 0.2) is 65.9 Å². The lowest BCUT2D eigenvalue weighted by Crippen LogP contribution is -2.55. The third-order valence-electron chi connectivity index (χ3n) is 9.26. The monoisotopic (exact) mass is 699 g/mol. The summed E-state index contributed by atoms with van der Waals surface area (Å²) in [5.41, 5.74) is 1.04. The Morgan fingerprint density at radius 3 is 2.71 bits per heavy atom. The summed E-state index contributed by atoms with van der Waals surface area (Å²) >= 11 is 7.83. The van der Waals surface area contributed by atoms with E-state index in [4.69, 9.17) is 21.3 Å². The minimum atomic E-state index is -0.950. The average Bonchev–Trinajstić information content (AvgIpc) is 3.78. The Hall–Kier alpha value is -4.70. The SMILES string of the molecule is CN1CCC[C@H]1COc1nc(N2CCN(C(=O)/C(F)=C/c3nccs3)[C@@H](CC#N)C2)c2ccc(-c3cccc4cccc(Cl)c34)c(F)c2n1.